The first-order valence-electron chi connectivity index (χ1n) is 8.34. The second kappa shape index (κ2) is 8.89. The lowest BCUT2D eigenvalue weighted by Crippen LogP contribution is -2.15. The van der Waals surface area contributed by atoms with Gasteiger partial charge in [-0.25, -0.2) is 14.2 Å². The van der Waals surface area contributed by atoms with Crippen molar-refractivity contribution < 1.29 is 13.9 Å². The van der Waals surface area contributed by atoms with Crippen molar-refractivity contribution in [2.75, 3.05) is 0 Å². The van der Waals surface area contributed by atoms with E-state index in [0.717, 1.165) is 28.5 Å². The first-order chi connectivity index (χ1) is 11.9. The van der Waals surface area contributed by atoms with Crippen molar-refractivity contribution in [2.45, 2.75) is 56.7 Å². The standard InChI is InChI=1S/C18H24FN3O2S/c1-4-22-16(11-24-18(20)23)21-15(9-8-12(2)3)17(22)25-14-7-5-6-13(19)10-14/h5-7,10,12H,4,8-9,11H2,1-3H3,(H2,20,23). The lowest BCUT2D eigenvalue weighted by atomic mass is 10.1. The van der Waals surface area contributed by atoms with Gasteiger partial charge in [-0.15, -0.1) is 0 Å². The van der Waals surface area contributed by atoms with Gasteiger partial charge in [-0.05, 0) is 43.9 Å². The summed E-state index contributed by atoms with van der Waals surface area (Å²) in [5, 5.41) is 0.955. The number of primary amides is 1. The van der Waals surface area contributed by atoms with E-state index >= 15 is 0 Å². The van der Waals surface area contributed by atoms with Crippen molar-refractivity contribution in [3.8, 4) is 0 Å². The van der Waals surface area contributed by atoms with Crippen LogP contribution in [-0.2, 0) is 24.3 Å². The smallest absolute Gasteiger partial charge is 0.404 e. The Morgan fingerprint density at radius 1 is 1.44 bits per heavy atom. The number of benzene rings is 1. The molecule has 0 saturated heterocycles. The Hall–Kier alpha value is -2.02. The van der Waals surface area contributed by atoms with Gasteiger partial charge in [-0.1, -0.05) is 31.7 Å². The van der Waals surface area contributed by atoms with Crippen LogP contribution in [-0.4, -0.2) is 15.6 Å². The number of rotatable bonds is 8. The van der Waals surface area contributed by atoms with Crippen LogP contribution in [0.3, 0.4) is 0 Å². The van der Waals surface area contributed by atoms with Crippen molar-refractivity contribution in [3.05, 3.63) is 41.6 Å². The number of carbonyl (C=O) groups excluding carboxylic acids is 1. The van der Waals surface area contributed by atoms with Gasteiger partial charge in [0.05, 0.1) is 5.69 Å². The molecule has 2 rings (SSSR count). The molecular weight excluding hydrogens is 341 g/mol. The lowest BCUT2D eigenvalue weighted by Gasteiger charge is -2.11. The number of carbonyl (C=O) groups is 1. The quantitative estimate of drug-likeness (QED) is 0.754. The van der Waals surface area contributed by atoms with Crippen molar-refractivity contribution in [2.24, 2.45) is 11.7 Å². The molecule has 2 aromatic rings. The maximum Gasteiger partial charge on any atom is 0.404 e. The highest BCUT2D eigenvalue weighted by Gasteiger charge is 2.18. The summed E-state index contributed by atoms with van der Waals surface area (Å²) in [6.07, 6.45) is 0.980. The molecule has 0 radical (unpaired) electrons. The van der Waals surface area contributed by atoms with Crippen LogP contribution < -0.4 is 5.73 Å². The summed E-state index contributed by atoms with van der Waals surface area (Å²) >= 11 is 1.48. The van der Waals surface area contributed by atoms with Gasteiger partial charge in [0.25, 0.3) is 0 Å². The number of hydrogen-bond acceptors (Lipinski definition) is 4. The molecule has 136 valence electrons. The molecule has 25 heavy (non-hydrogen) atoms. The fraction of sp³-hybridized carbons (Fsp3) is 0.444. The normalized spacial score (nSPS) is 11.1. The second-order valence-electron chi connectivity index (χ2n) is 6.12. The number of ether oxygens (including phenoxy) is 1. The van der Waals surface area contributed by atoms with E-state index in [-0.39, 0.29) is 12.4 Å². The highest BCUT2D eigenvalue weighted by Crippen LogP contribution is 2.33. The van der Waals surface area contributed by atoms with E-state index in [0.29, 0.717) is 18.3 Å². The molecule has 0 saturated carbocycles. The van der Waals surface area contributed by atoms with Gasteiger partial charge < -0.3 is 15.0 Å². The number of imidazole rings is 1. The first kappa shape index (κ1) is 19.3. The molecule has 0 spiro atoms. The van der Waals surface area contributed by atoms with Crippen molar-refractivity contribution in [1.82, 2.24) is 9.55 Å². The molecule has 1 aromatic heterocycles. The van der Waals surface area contributed by atoms with Gasteiger partial charge in [0, 0.05) is 11.4 Å². The average Bonchev–Trinajstić information content (AvgIpc) is 2.87. The van der Waals surface area contributed by atoms with Gasteiger partial charge in [0.1, 0.15) is 16.7 Å². The molecule has 2 N–H and O–H groups in total. The van der Waals surface area contributed by atoms with E-state index in [9.17, 15) is 9.18 Å². The lowest BCUT2D eigenvalue weighted by molar-refractivity contribution is 0.145. The molecule has 0 aliphatic carbocycles. The third kappa shape index (κ3) is 5.49. The molecule has 1 aromatic carbocycles. The molecule has 0 bridgehead atoms. The Labute approximate surface area is 151 Å². The number of nitrogens with two attached hydrogens (primary N) is 1. The minimum absolute atomic E-state index is 0.0293. The van der Waals surface area contributed by atoms with Gasteiger partial charge >= 0.3 is 6.09 Å². The summed E-state index contributed by atoms with van der Waals surface area (Å²) in [5.41, 5.74) is 6.01. The largest absolute Gasteiger partial charge is 0.442 e. The van der Waals surface area contributed by atoms with Gasteiger partial charge in [0.2, 0.25) is 0 Å². The fourth-order valence-corrected chi connectivity index (χ4v) is 3.60. The summed E-state index contributed by atoms with van der Waals surface area (Å²) in [6, 6.07) is 6.48. The van der Waals surface area contributed by atoms with Gasteiger partial charge in [-0.3, -0.25) is 0 Å². The SMILES string of the molecule is CCn1c(COC(N)=O)nc(CCC(C)C)c1Sc1cccc(F)c1. The van der Waals surface area contributed by atoms with Crippen molar-refractivity contribution in [1.29, 1.82) is 0 Å². The second-order valence-corrected chi connectivity index (χ2v) is 7.19. The molecule has 0 fully saturated rings. The Bertz CT molecular complexity index is 731. The van der Waals surface area contributed by atoms with E-state index in [1.807, 2.05) is 17.6 Å². The highest BCUT2D eigenvalue weighted by atomic mass is 32.2. The third-order valence-corrected chi connectivity index (χ3v) is 4.84. The minimum atomic E-state index is -0.825. The van der Waals surface area contributed by atoms with E-state index in [1.54, 1.807) is 6.07 Å². The number of amides is 1. The van der Waals surface area contributed by atoms with Crippen LogP contribution in [0.15, 0.2) is 34.2 Å². The molecule has 0 aliphatic rings. The summed E-state index contributed by atoms with van der Waals surface area (Å²) in [4.78, 5) is 16.4. The van der Waals surface area contributed by atoms with Crippen LogP contribution in [0, 0.1) is 11.7 Å². The Morgan fingerprint density at radius 3 is 2.80 bits per heavy atom. The van der Waals surface area contributed by atoms with E-state index in [4.69, 9.17) is 10.5 Å². The summed E-state index contributed by atoms with van der Waals surface area (Å²) in [6.45, 7) is 7.02. The molecule has 0 unspecified atom stereocenters. The minimum Gasteiger partial charge on any atom is -0.442 e. The summed E-state index contributed by atoms with van der Waals surface area (Å²) in [5.74, 6) is 0.927. The van der Waals surface area contributed by atoms with Crippen LogP contribution in [0.5, 0.6) is 0 Å². The number of nitrogens with zero attached hydrogens (tertiary/aromatic N) is 2. The van der Waals surface area contributed by atoms with E-state index in [2.05, 4.69) is 18.8 Å². The molecule has 1 amide bonds. The Kier molecular flexibility index (Phi) is 6.87. The molecule has 0 atom stereocenters. The van der Waals surface area contributed by atoms with Crippen LogP contribution in [0.2, 0.25) is 0 Å². The average molecular weight is 365 g/mol. The van der Waals surface area contributed by atoms with Crippen LogP contribution in [0.25, 0.3) is 0 Å². The zero-order chi connectivity index (χ0) is 18.4. The molecular formula is C18H24FN3O2S. The predicted octanol–water partition coefficient (Wildman–Crippen LogP) is 4.38. The molecule has 7 heteroatoms. The number of aryl methyl sites for hydroxylation is 1. The fourth-order valence-electron chi connectivity index (χ4n) is 2.45. The van der Waals surface area contributed by atoms with Crippen LogP contribution in [0.1, 0.15) is 38.7 Å². The Morgan fingerprint density at radius 2 is 2.20 bits per heavy atom. The topological polar surface area (TPSA) is 70.1 Å². The van der Waals surface area contributed by atoms with Gasteiger partial charge in [-0.2, -0.15) is 0 Å². The molecule has 5 nitrogen and oxygen atoms in total. The number of hydrogen-bond donors (Lipinski definition) is 1. The van der Waals surface area contributed by atoms with Crippen LogP contribution in [0.4, 0.5) is 9.18 Å². The zero-order valence-electron chi connectivity index (χ0n) is 14.8. The van der Waals surface area contributed by atoms with Crippen molar-refractivity contribution >= 4 is 17.9 Å². The maximum absolute atomic E-state index is 13.5. The third-order valence-electron chi connectivity index (χ3n) is 3.70. The van der Waals surface area contributed by atoms with Gasteiger partial charge in [0.15, 0.2) is 6.61 Å². The molecule has 0 aliphatic heterocycles. The van der Waals surface area contributed by atoms with E-state index < -0.39 is 6.09 Å². The first-order valence-corrected chi connectivity index (χ1v) is 9.16. The number of aromatic nitrogens is 2. The molecule has 1 heterocycles. The Balaban J connectivity index is 2.35. The number of halogens is 1. The van der Waals surface area contributed by atoms with Crippen molar-refractivity contribution in [3.63, 3.8) is 0 Å². The van der Waals surface area contributed by atoms with Crippen LogP contribution >= 0.6 is 11.8 Å². The summed E-state index contributed by atoms with van der Waals surface area (Å²) in [7, 11) is 0. The highest BCUT2D eigenvalue weighted by molar-refractivity contribution is 7.99. The predicted molar refractivity (Wildman–Crippen MR) is 96.0 cm³/mol. The van der Waals surface area contributed by atoms with E-state index in [1.165, 1.54) is 23.9 Å². The monoisotopic (exact) mass is 365 g/mol. The zero-order valence-corrected chi connectivity index (χ0v) is 15.6. The summed E-state index contributed by atoms with van der Waals surface area (Å²) < 4.78 is 20.4. The maximum atomic E-state index is 13.5.